The summed E-state index contributed by atoms with van der Waals surface area (Å²) in [4.78, 5) is 4.28. The average Bonchev–Trinajstić information content (AvgIpc) is 2.85. The SMILES string of the molecule is Nc1nc2ccccc2n1[C@H](CO)[C@H](O)c1ccccc1. The summed E-state index contributed by atoms with van der Waals surface area (Å²) in [5.74, 6) is 0.283. The number of para-hydroxylation sites is 2. The van der Waals surface area contributed by atoms with E-state index in [1.807, 2.05) is 54.6 Å². The maximum absolute atomic E-state index is 10.6. The number of aromatic nitrogens is 2. The predicted octanol–water partition coefficient (Wildman–Crippen LogP) is 1.89. The van der Waals surface area contributed by atoms with Crippen molar-refractivity contribution in [1.82, 2.24) is 9.55 Å². The highest BCUT2D eigenvalue weighted by Crippen LogP contribution is 2.31. The molecule has 5 heteroatoms. The molecule has 3 rings (SSSR count). The van der Waals surface area contributed by atoms with Crippen LogP contribution in [0.5, 0.6) is 0 Å². The van der Waals surface area contributed by atoms with Crippen molar-refractivity contribution < 1.29 is 10.2 Å². The van der Waals surface area contributed by atoms with E-state index in [0.29, 0.717) is 0 Å². The van der Waals surface area contributed by atoms with Crippen molar-refractivity contribution in [2.45, 2.75) is 12.1 Å². The first-order valence-electron chi connectivity index (χ1n) is 6.78. The Morgan fingerprint density at radius 3 is 2.43 bits per heavy atom. The minimum Gasteiger partial charge on any atom is -0.394 e. The number of anilines is 1. The Labute approximate surface area is 122 Å². The number of nitrogens with zero attached hydrogens (tertiary/aromatic N) is 2. The minimum atomic E-state index is -0.865. The average molecular weight is 283 g/mol. The van der Waals surface area contributed by atoms with Crippen molar-refractivity contribution >= 4 is 17.0 Å². The number of nitrogen functional groups attached to an aromatic ring is 1. The molecule has 0 aliphatic carbocycles. The highest BCUT2D eigenvalue weighted by molar-refractivity contribution is 5.78. The number of aliphatic hydroxyl groups excluding tert-OH is 2. The van der Waals surface area contributed by atoms with E-state index in [1.54, 1.807) is 4.57 Å². The lowest BCUT2D eigenvalue weighted by Crippen LogP contribution is -2.22. The van der Waals surface area contributed by atoms with Gasteiger partial charge in [-0.15, -0.1) is 0 Å². The predicted molar refractivity (Wildman–Crippen MR) is 81.7 cm³/mol. The molecule has 108 valence electrons. The van der Waals surface area contributed by atoms with Gasteiger partial charge in [-0.1, -0.05) is 42.5 Å². The number of nitrogens with two attached hydrogens (primary N) is 1. The van der Waals surface area contributed by atoms with Crippen LogP contribution < -0.4 is 5.73 Å². The number of fused-ring (bicyclic) bond motifs is 1. The molecule has 0 amide bonds. The summed E-state index contributed by atoms with van der Waals surface area (Å²) in [5.41, 5.74) is 8.25. The van der Waals surface area contributed by atoms with Gasteiger partial charge in [-0.3, -0.25) is 0 Å². The molecule has 0 radical (unpaired) electrons. The maximum atomic E-state index is 10.6. The largest absolute Gasteiger partial charge is 0.394 e. The second-order valence-corrected chi connectivity index (χ2v) is 4.93. The van der Waals surface area contributed by atoms with Crippen LogP contribution in [-0.2, 0) is 0 Å². The topological polar surface area (TPSA) is 84.3 Å². The number of hydrogen-bond acceptors (Lipinski definition) is 4. The van der Waals surface area contributed by atoms with E-state index < -0.39 is 12.1 Å². The van der Waals surface area contributed by atoms with E-state index in [2.05, 4.69) is 4.98 Å². The van der Waals surface area contributed by atoms with Gasteiger partial charge in [0.2, 0.25) is 5.95 Å². The second kappa shape index (κ2) is 5.55. The number of benzene rings is 2. The van der Waals surface area contributed by atoms with Gasteiger partial charge in [-0.05, 0) is 17.7 Å². The van der Waals surface area contributed by atoms with Crippen molar-refractivity contribution in [3.8, 4) is 0 Å². The summed E-state index contributed by atoms with van der Waals surface area (Å²) in [6, 6.07) is 16.1. The Balaban J connectivity index is 2.08. The van der Waals surface area contributed by atoms with E-state index in [-0.39, 0.29) is 12.6 Å². The molecular formula is C16H17N3O2. The van der Waals surface area contributed by atoms with Crippen molar-refractivity contribution in [3.05, 3.63) is 60.2 Å². The third-order valence-corrected chi connectivity index (χ3v) is 3.65. The number of imidazole rings is 1. The summed E-state index contributed by atoms with van der Waals surface area (Å²) in [7, 11) is 0. The van der Waals surface area contributed by atoms with Gasteiger partial charge < -0.3 is 20.5 Å². The van der Waals surface area contributed by atoms with Gasteiger partial charge in [-0.2, -0.15) is 0 Å². The normalized spacial score (nSPS) is 14.2. The Morgan fingerprint density at radius 1 is 1.05 bits per heavy atom. The zero-order valence-electron chi connectivity index (χ0n) is 11.4. The molecule has 0 saturated heterocycles. The van der Waals surface area contributed by atoms with E-state index in [4.69, 9.17) is 5.73 Å². The Morgan fingerprint density at radius 2 is 1.71 bits per heavy atom. The minimum absolute atomic E-state index is 0.236. The molecule has 1 heterocycles. The van der Waals surface area contributed by atoms with E-state index in [0.717, 1.165) is 16.6 Å². The van der Waals surface area contributed by atoms with Crippen molar-refractivity contribution in [2.24, 2.45) is 0 Å². The zero-order chi connectivity index (χ0) is 14.8. The van der Waals surface area contributed by atoms with E-state index >= 15 is 0 Å². The van der Waals surface area contributed by atoms with Crippen LogP contribution in [-0.4, -0.2) is 26.4 Å². The summed E-state index contributed by atoms with van der Waals surface area (Å²) in [5, 5.41) is 20.3. The van der Waals surface area contributed by atoms with Crippen LogP contribution in [0.25, 0.3) is 11.0 Å². The van der Waals surface area contributed by atoms with Gasteiger partial charge in [0.25, 0.3) is 0 Å². The molecule has 0 aliphatic rings. The number of aliphatic hydroxyl groups is 2. The third-order valence-electron chi connectivity index (χ3n) is 3.65. The quantitative estimate of drug-likeness (QED) is 0.682. The fourth-order valence-corrected chi connectivity index (χ4v) is 2.61. The van der Waals surface area contributed by atoms with Crippen LogP contribution in [0.1, 0.15) is 17.7 Å². The molecule has 5 nitrogen and oxygen atoms in total. The highest BCUT2D eigenvalue weighted by Gasteiger charge is 2.25. The summed E-state index contributed by atoms with van der Waals surface area (Å²) in [6.45, 7) is -0.236. The van der Waals surface area contributed by atoms with Crippen LogP contribution in [0.2, 0.25) is 0 Å². The molecule has 0 unspecified atom stereocenters. The Bertz CT molecular complexity index is 740. The second-order valence-electron chi connectivity index (χ2n) is 4.93. The summed E-state index contributed by atoms with van der Waals surface area (Å²) >= 11 is 0. The molecule has 4 N–H and O–H groups in total. The molecule has 0 bridgehead atoms. The number of rotatable bonds is 4. The van der Waals surface area contributed by atoms with Crippen molar-refractivity contribution in [3.63, 3.8) is 0 Å². The first-order chi connectivity index (χ1) is 10.2. The molecular weight excluding hydrogens is 266 g/mol. The smallest absolute Gasteiger partial charge is 0.201 e. The van der Waals surface area contributed by atoms with E-state index in [1.165, 1.54) is 0 Å². The lowest BCUT2D eigenvalue weighted by Gasteiger charge is -2.24. The standard InChI is InChI=1S/C16H17N3O2/c17-16-18-12-8-4-5-9-13(12)19(16)14(10-20)15(21)11-6-2-1-3-7-11/h1-9,14-15,20-21H,10H2,(H2,17,18)/t14-,15-/m1/s1. The van der Waals surface area contributed by atoms with Crippen molar-refractivity contribution in [2.75, 3.05) is 12.3 Å². The zero-order valence-corrected chi connectivity index (χ0v) is 11.4. The molecule has 0 saturated carbocycles. The molecule has 3 aromatic rings. The fourth-order valence-electron chi connectivity index (χ4n) is 2.61. The number of hydrogen-bond donors (Lipinski definition) is 3. The van der Waals surface area contributed by atoms with Crippen LogP contribution >= 0.6 is 0 Å². The Kier molecular flexibility index (Phi) is 3.60. The van der Waals surface area contributed by atoms with E-state index in [9.17, 15) is 10.2 Å². The van der Waals surface area contributed by atoms with Gasteiger partial charge in [-0.25, -0.2) is 4.98 Å². The molecule has 21 heavy (non-hydrogen) atoms. The van der Waals surface area contributed by atoms with Gasteiger partial charge in [0.1, 0.15) is 6.10 Å². The lowest BCUT2D eigenvalue weighted by atomic mass is 10.0. The van der Waals surface area contributed by atoms with Gasteiger partial charge in [0.15, 0.2) is 0 Å². The van der Waals surface area contributed by atoms with Crippen LogP contribution in [0.3, 0.4) is 0 Å². The lowest BCUT2D eigenvalue weighted by molar-refractivity contribution is 0.0760. The molecule has 1 aromatic heterocycles. The van der Waals surface area contributed by atoms with Crippen LogP contribution in [0.15, 0.2) is 54.6 Å². The van der Waals surface area contributed by atoms with Gasteiger partial charge in [0.05, 0.1) is 23.7 Å². The molecule has 0 fully saturated rings. The maximum Gasteiger partial charge on any atom is 0.201 e. The summed E-state index contributed by atoms with van der Waals surface area (Å²) < 4.78 is 1.69. The Hall–Kier alpha value is -2.37. The third kappa shape index (κ3) is 2.37. The molecule has 2 aromatic carbocycles. The first kappa shape index (κ1) is 13.6. The van der Waals surface area contributed by atoms with Crippen LogP contribution in [0.4, 0.5) is 5.95 Å². The molecule has 0 aliphatic heterocycles. The highest BCUT2D eigenvalue weighted by atomic mass is 16.3. The monoisotopic (exact) mass is 283 g/mol. The van der Waals surface area contributed by atoms with Gasteiger partial charge in [0, 0.05) is 0 Å². The van der Waals surface area contributed by atoms with Gasteiger partial charge >= 0.3 is 0 Å². The molecule has 0 spiro atoms. The first-order valence-corrected chi connectivity index (χ1v) is 6.78. The summed E-state index contributed by atoms with van der Waals surface area (Å²) in [6.07, 6.45) is -0.865. The molecule has 2 atom stereocenters. The van der Waals surface area contributed by atoms with Crippen molar-refractivity contribution in [1.29, 1.82) is 0 Å². The van der Waals surface area contributed by atoms with Crippen LogP contribution in [0, 0.1) is 0 Å². The fraction of sp³-hybridized carbons (Fsp3) is 0.188.